The molecular formula is C45H72N6O. The zero-order valence-electron chi connectivity index (χ0n) is 33.5. The summed E-state index contributed by atoms with van der Waals surface area (Å²) in [5.41, 5.74) is 8.13. The average Bonchev–Trinajstić information content (AvgIpc) is 3.84. The fourth-order valence-electron chi connectivity index (χ4n) is 4.38. The summed E-state index contributed by atoms with van der Waals surface area (Å²) in [6, 6.07) is 20.4. The number of furan rings is 1. The van der Waals surface area contributed by atoms with Crippen LogP contribution >= 0.6 is 0 Å². The van der Waals surface area contributed by atoms with Gasteiger partial charge in [0.2, 0.25) is 0 Å². The average molecular weight is 713 g/mol. The molecule has 0 aliphatic rings. The number of pyridine rings is 1. The van der Waals surface area contributed by atoms with Crippen LogP contribution in [0.4, 0.5) is 0 Å². The molecule has 1 aromatic carbocycles. The zero-order chi connectivity index (χ0) is 37.8. The Bertz CT molecular complexity index is 1620. The van der Waals surface area contributed by atoms with E-state index in [4.69, 9.17) is 4.42 Å². The van der Waals surface area contributed by atoms with Crippen LogP contribution in [0.1, 0.15) is 147 Å². The maximum Gasteiger partial charge on any atom is 0.109 e. The third-order valence-electron chi connectivity index (χ3n) is 7.69. The van der Waals surface area contributed by atoms with Crippen LogP contribution < -0.4 is 0 Å². The molecule has 0 fully saturated rings. The Hall–Kier alpha value is -4.39. The monoisotopic (exact) mass is 713 g/mol. The van der Waals surface area contributed by atoms with Crippen molar-refractivity contribution >= 4 is 11.0 Å². The Morgan fingerprint density at radius 3 is 1.54 bits per heavy atom. The molecule has 0 aliphatic carbocycles. The van der Waals surface area contributed by atoms with Gasteiger partial charge in [-0.25, -0.2) is 9.97 Å². The number of nitrogens with one attached hydrogen (secondary N) is 3. The van der Waals surface area contributed by atoms with Crippen LogP contribution in [0.2, 0.25) is 0 Å². The topological polar surface area (TPSA) is 99.2 Å². The van der Waals surface area contributed by atoms with E-state index >= 15 is 0 Å². The molecule has 0 radical (unpaired) electrons. The van der Waals surface area contributed by atoms with Gasteiger partial charge < -0.3 is 19.4 Å². The molecule has 5 aromatic heterocycles. The summed E-state index contributed by atoms with van der Waals surface area (Å²) < 4.78 is 5.20. The number of rotatable bonds is 0. The second kappa shape index (κ2) is 20.0. The van der Waals surface area contributed by atoms with Crippen LogP contribution in [-0.4, -0.2) is 29.9 Å². The molecule has 7 nitrogen and oxygen atoms in total. The molecule has 52 heavy (non-hydrogen) atoms. The van der Waals surface area contributed by atoms with Crippen LogP contribution in [-0.2, 0) is 27.1 Å². The van der Waals surface area contributed by atoms with Crippen LogP contribution in [0, 0.1) is 0 Å². The van der Waals surface area contributed by atoms with Gasteiger partial charge in [-0.3, -0.25) is 4.98 Å². The van der Waals surface area contributed by atoms with E-state index < -0.39 is 0 Å². The van der Waals surface area contributed by atoms with Gasteiger partial charge in [-0.15, -0.1) is 0 Å². The number of aromatic amines is 3. The molecule has 0 aliphatic heterocycles. The smallest absolute Gasteiger partial charge is 0.109 e. The summed E-state index contributed by atoms with van der Waals surface area (Å²) in [5.74, 6) is 1.04. The highest BCUT2D eigenvalue weighted by molar-refractivity contribution is 5.75. The Balaban J connectivity index is 0.000000625. The fraction of sp³-hybridized carbons (Fsp3) is 0.489. The van der Waals surface area contributed by atoms with Crippen molar-refractivity contribution in [2.75, 3.05) is 0 Å². The van der Waals surface area contributed by atoms with Crippen molar-refractivity contribution in [1.82, 2.24) is 29.9 Å². The highest BCUT2D eigenvalue weighted by atomic mass is 16.3. The molecule has 6 rings (SSSR count). The lowest BCUT2D eigenvalue weighted by Crippen LogP contribution is -2.12. The SMILES string of the molecule is C.C.CC(C)(C)c1ccc2nc[nH]c2c1.CC(C)(C)c1ccc[nH]1.CC(C)(C)c1ccccn1.CC(C)(C)c1ccco1.CC(C)(C)c1cnc[nH]1. The molecule has 7 heteroatoms. The first-order valence-corrected chi connectivity index (χ1v) is 17.5. The molecule has 3 N–H and O–H groups in total. The molecule has 5 heterocycles. The normalized spacial score (nSPS) is 11.4. The number of fused-ring (bicyclic) bond motifs is 1. The van der Waals surface area contributed by atoms with Gasteiger partial charge in [-0.2, -0.15) is 0 Å². The lowest BCUT2D eigenvalue weighted by atomic mass is 9.87. The van der Waals surface area contributed by atoms with Crippen molar-refractivity contribution in [3.05, 3.63) is 127 Å². The molecule has 6 aromatic rings. The number of hydrogen-bond acceptors (Lipinski definition) is 4. The summed E-state index contributed by atoms with van der Waals surface area (Å²) >= 11 is 0. The minimum atomic E-state index is 0. The van der Waals surface area contributed by atoms with E-state index in [9.17, 15) is 0 Å². The summed E-state index contributed by atoms with van der Waals surface area (Å²) in [7, 11) is 0. The van der Waals surface area contributed by atoms with Gasteiger partial charge in [-0.05, 0) is 59.5 Å². The maximum absolute atomic E-state index is 5.20. The van der Waals surface area contributed by atoms with Crippen molar-refractivity contribution in [2.24, 2.45) is 0 Å². The van der Waals surface area contributed by atoms with Gasteiger partial charge in [0.05, 0.1) is 30.0 Å². The number of H-pyrrole nitrogens is 3. The number of imidazole rings is 2. The summed E-state index contributed by atoms with van der Waals surface area (Å²) in [4.78, 5) is 21.7. The Labute approximate surface area is 316 Å². The molecular weight excluding hydrogens is 641 g/mol. The van der Waals surface area contributed by atoms with Crippen molar-refractivity contribution < 1.29 is 4.42 Å². The van der Waals surface area contributed by atoms with E-state index in [0.717, 1.165) is 22.5 Å². The first-order chi connectivity index (χ1) is 23.0. The predicted molar refractivity (Wildman–Crippen MR) is 225 cm³/mol. The molecule has 0 spiro atoms. The first kappa shape index (κ1) is 47.6. The number of aromatic nitrogens is 6. The second-order valence-corrected chi connectivity index (χ2v) is 17.6. The zero-order valence-corrected chi connectivity index (χ0v) is 33.5. The minimum absolute atomic E-state index is 0. The van der Waals surface area contributed by atoms with Crippen molar-refractivity contribution in [2.45, 2.75) is 146 Å². The molecule has 0 unspecified atom stereocenters. The molecule has 0 bridgehead atoms. The largest absolute Gasteiger partial charge is 0.469 e. The van der Waals surface area contributed by atoms with Gasteiger partial charge in [0.25, 0.3) is 0 Å². The molecule has 288 valence electrons. The summed E-state index contributed by atoms with van der Waals surface area (Å²) in [6.45, 7) is 32.6. The van der Waals surface area contributed by atoms with Crippen LogP contribution in [0.15, 0.2) is 103 Å². The Morgan fingerprint density at radius 1 is 0.538 bits per heavy atom. The lowest BCUT2D eigenvalue weighted by Gasteiger charge is -2.18. The summed E-state index contributed by atoms with van der Waals surface area (Å²) in [5, 5.41) is 0. The van der Waals surface area contributed by atoms with Gasteiger partial charge >= 0.3 is 0 Å². The Kier molecular flexibility index (Phi) is 18.3. The van der Waals surface area contributed by atoms with Gasteiger partial charge in [0, 0.05) is 57.3 Å². The van der Waals surface area contributed by atoms with E-state index in [-0.39, 0.29) is 41.9 Å². The third-order valence-corrected chi connectivity index (χ3v) is 7.69. The van der Waals surface area contributed by atoms with Crippen LogP contribution in [0.25, 0.3) is 11.0 Å². The van der Waals surface area contributed by atoms with Gasteiger partial charge in [0.15, 0.2) is 0 Å². The number of nitrogens with zero attached hydrogens (tertiary/aromatic N) is 3. The number of benzene rings is 1. The highest BCUT2D eigenvalue weighted by Gasteiger charge is 2.17. The van der Waals surface area contributed by atoms with E-state index in [1.807, 2.05) is 48.9 Å². The standard InChI is InChI=1S/C11H14N2.C9H13N.C8H13N.C8H12O.C7H12N2.2CH4/c1-11(2,3)8-4-5-9-10(6-8)13-7-12-9;1-9(2,3)8-6-4-5-7-10-8;2*1-8(2,3)7-5-4-6-9-7;1-7(2,3)6-4-8-5-9-6;;/h4-7H,1-3H3,(H,12,13);4-7H,1-3H3;4-6,9H,1-3H3;4-6H,1-3H3;4-5H,1-3H3,(H,8,9);2*1H4. The Morgan fingerprint density at radius 2 is 1.19 bits per heavy atom. The van der Waals surface area contributed by atoms with Crippen molar-refractivity contribution in [3.63, 3.8) is 0 Å². The molecule has 0 atom stereocenters. The molecule has 0 saturated heterocycles. The molecule has 0 amide bonds. The minimum Gasteiger partial charge on any atom is -0.469 e. The van der Waals surface area contributed by atoms with Crippen molar-refractivity contribution in [3.8, 4) is 0 Å². The lowest BCUT2D eigenvalue weighted by molar-refractivity contribution is 0.409. The summed E-state index contributed by atoms with van der Waals surface area (Å²) in [6.07, 6.45) is 10.8. The second-order valence-electron chi connectivity index (χ2n) is 17.6. The maximum atomic E-state index is 5.20. The van der Waals surface area contributed by atoms with Crippen LogP contribution in [0.3, 0.4) is 0 Å². The third kappa shape index (κ3) is 16.8. The van der Waals surface area contributed by atoms with Crippen LogP contribution in [0.5, 0.6) is 0 Å². The quantitative estimate of drug-likeness (QED) is 0.146. The van der Waals surface area contributed by atoms with E-state index in [0.29, 0.717) is 0 Å². The van der Waals surface area contributed by atoms with Gasteiger partial charge in [-0.1, -0.05) is 131 Å². The first-order valence-electron chi connectivity index (χ1n) is 17.5. The highest BCUT2D eigenvalue weighted by Crippen LogP contribution is 2.25. The van der Waals surface area contributed by atoms with E-state index in [1.54, 1.807) is 18.9 Å². The fourth-order valence-corrected chi connectivity index (χ4v) is 4.38. The van der Waals surface area contributed by atoms with Gasteiger partial charge in [0.1, 0.15) is 5.76 Å². The predicted octanol–water partition coefficient (Wildman–Crippen LogP) is 13.1. The number of hydrogen-bond donors (Lipinski definition) is 3. The molecule has 0 saturated carbocycles. The van der Waals surface area contributed by atoms with Crippen molar-refractivity contribution in [1.29, 1.82) is 0 Å². The van der Waals surface area contributed by atoms with E-state index in [2.05, 4.69) is 164 Å². The van der Waals surface area contributed by atoms with E-state index in [1.165, 1.54) is 17.0 Å².